The molecular formula is C17H14N2O3. The minimum atomic E-state index is -0.403. The molecule has 0 radical (unpaired) electrons. The van der Waals surface area contributed by atoms with E-state index in [0.29, 0.717) is 16.8 Å². The number of imide groups is 1. The van der Waals surface area contributed by atoms with Crippen molar-refractivity contribution in [2.45, 2.75) is 6.92 Å². The van der Waals surface area contributed by atoms with Crippen LogP contribution in [0.4, 0.5) is 5.69 Å². The van der Waals surface area contributed by atoms with Crippen LogP contribution >= 0.6 is 0 Å². The number of nitrogens with one attached hydrogen (secondary N) is 1. The smallest absolute Gasteiger partial charge is 0.263 e. The normalized spacial score (nSPS) is 13.3. The number of hydrogen-bond acceptors (Lipinski definition) is 3. The SMILES string of the molecule is Cc1ccc(C(=O)Nc2cccc3c2C(=O)N(C)C3=O)cc1. The Morgan fingerprint density at radius 3 is 2.36 bits per heavy atom. The van der Waals surface area contributed by atoms with Gasteiger partial charge in [-0.3, -0.25) is 19.3 Å². The van der Waals surface area contributed by atoms with Gasteiger partial charge < -0.3 is 5.32 Å². The van der Waals surface area contributed by atoms with E-state index in [1.807, 2.05) is 19.1 Å². The lowest BCUT2D eigenvalue weighted by Gasteiger charge is -2.09. The predicted molar refractivity (Wildman–Crippen MR) is 82.0 cm³/mol. The Bertz CT molecular complexity index is 794. The molecule has 0 aliphatic carbocycles. The molecule has 1 aliphatic rings. The second kappa shape index (κ2) is 5.11. The summed E-state index contributed by atoms with van der Waals surface area (Å²) in [5.41, 5.74) is 2.46. The van der Waals surface area contributed by atoms with E-state index in [2.05, 4.69) is 5.32 Å². The van der Waals surface area contributed by atoms with E-state index < -0.39 is 5.91 Å². The van der Waals surface area contributed by atoms with E-state index in [9.17, 15) is 14.4 Å². The highest BCUT2D eigenvalue weighted by atomic mass is 16.2. The van der Waals surface area contributed by atoms with Crippen LogP contribution in [0.25, 0.3) is 0 Å². The summed E-state index contributed by atoms with van der Waals surface area (Å²) < 4.78 is 0. The molecule has 1 aliphatic heterocycles. The fourth-order valence-electron chi connectivity index (χ4n) is 2.41. The van der Waals surface area contributed by atoms with Crippen LogP contribution in [0.2, 0.25) is 0 Å². The Kier molecular flexibility index (Phi) is 3.25. The number of anilines is 1. The fourth-order valence-corrected chi connectivity index (χ4v) is 2.41. The zero-order valence-electron chi connectivity index (χ0n) is 12.2. The quantitative estimate of drug-likeness (QED) is 0.865. The first kappa shape index (κ1) is 14.0. The molecule has 0 atom stereocenters. The van der Waals surface area contributed by atoms with Gasteiger partial charge in [0.25, 0.3) is 17.7 Å². The van der Waals surface area contributed by atoms with Gasteiger partial charge >= 0.3 is 0 Å². The van der Waals surface area contributed by atoms with Crippen LogP contribution in [-0.4, -0.2) is 29.7 Å². The molecule has 3 amide bonds. The number of benzene rings is 2. The minimum Gasteiger partial charge on any atom is -0.321 e. The molecule has 0 spiro atoms. The number of amides is 3. The largest absolute Gasteiger partial charge is 0.321 e. The van der Waals surface area contributed by atoms with Gasteiger partial charge in [0, 0.05) is 12.6 Å². The van der Waals surface area contributed by atoms with Crippen molar-refractivity contribution in [2.75, 3.05) is 12.4 Å². The van der Waals surface area contributed by atoms with Gasteiger partial charge in [0.2, 0.25) is 0 Å². The van der Waals surface area contributed by atoms with Gasteiger partial charge in [-0.2, -0.15) is 0 Å². The summed E-state index contributed by atoms with van der Waals surface area (Å²) in [6, 6.07) is 12.0. The summed E-state index contributed by atoms with van der Waals surface area (Å²) in [5, 5.41) is 2.71. The first-order valence-corrected chi connectivity index (χ1v) is 6.82. The monoisotopic (exact) mass is 294 g/mol. The number of nitrogens with zero attached hydrogens (tertiary/aromatic N) is 1. The van der Waals surface area contributed by atoms with Gasteiger partial charge in [-0.25, -0.2) is 0 Å². The highest BCUT2D eigenvalue weighted by molar-refractivity contribution is 6.24. The minimum absolute atomic E-state index is 0.246. The highest BCUT2D eigenvalue weighted by Crippen LogP contribution is 2.28. The van der Waals surface area contributed by atoms with Gasteiger partial charge in [-0.1, -0.05) is 23.8 Å². The first-order chi connectivity index (χ1) is 10.5. The maximum absolute atomic E-state index is 12.3. The number of fused-ring (bicyclic) bond motifs is 1. The molecule has 110 valence electrons. The van der Waals surface area contributed by atoms with Gasteiger partial charge in [0.1, 0.15) is 0 Å². The molecule has 1 heterocycles. The van der Waals surface area contributed by atoms with Crippen molar-refractivity contribution < 1.29 is 14.4 Å². The molecule has 0 fully saturated rings. The van der Waals surface area contributed by atoms with Gasteiger partial charge in [0.15, 0.2) is 0 Å². The van der Waals surface area contributed by atoms with Crippen molar-refractivity contribution in [1.29, 1.82) is 0 Å². The lowest BCUT2D eigenvalue weighted by Crippen LogP contribution is -2.24. The summed E-state index contributed by atoms with van der Waals surface area (Å²) >= 11 is 0. The Morgan fingerprint density at radius 1 is 1.00 bits per heavy atom. The molecule has 1 N–H and O–H groups in total. The van der Waals surface area contributed by atoms with Crippen LogP contribution in [-0.2, 0) is 0 Å². The molecular weight excluding hydrogens is 280 g/mol. The van der Waals surface area contributed by atoms with E-state index in [4.69, 9.17) is 0 Å². The molecule has 0 aromatic heterocycles. The Hall–Kier alpha value is -2.95. The number of hydrogen-bond donors (Lipinski definition) is 1. The summed E-state index contributed by atoms with van der Waals surface area (Å²) in [6.45, 7) is 1.94. The van der Waals surface area contributed by atoms with Crippen LogP contribution in [0.5, 0.6) is 0 Å². The van der Waals surface area contributed by atoms with Crippen molar-refractivity contribution in [2.24, 2.45) is 0 Å². The molecule has 2 aromatic rings. The van der Waals surface area contributed by atoms with Crippen molar-refractivity contribution in [3.63, 3.8) is 0 Å². The average molecular weight is 294 g/mol. The topological polar surface area (TPSA) is 66.5 Å². The first-order valence-electron chi connectivity index (χ1n) is 6.82. The Balaban J connectivity index is 1.95. The maximum atomic E-state index is 12.3. The van der Waals surface area contributed by atoms with Crippen LogP contribution in [0.3, 0.4) is 0 Å². The van der Waals surface area contributed by atoms with Crippen molar-refractivity contribution in [3.05, 3.63) is 64.7 Å². The molecule has 5 nitrogen and oxygen atoms in total. The molecule has 0 saturated carbocycles. The number of carbonyl (C=O) groups excluding carboxylic acids is 3. The Morgan fingerprint density at radius 2 is 1.68 bits per heavy atom. The fraction of sp³-hybridized carbons (Fsp3) is 0.118. The molecule has 5 heteroatoms. The molecule has 0 saturated heterocycles. The maximum Gasteiger partial charge on any atom is 0.263 e. The van der Waals surface area contributed by atoms with Crippen LogP contribution in [0.15, 0.2) is 42.5 Å². The number of carbonyl (C=O) groups is 3. The third-order valence-corrected chi connectivity index (χ3v) is 3.68. The second-order valence-corrected chi connectivity index (χ2v) is 5.22. The van der Waals surface area contributed by atoms with Crippen molar-refractivity contribution in [3.8, 4) is 0 Å². The molecule has 0 unspecified atom stereocenters. The van der Waals surface area contributed by atoms with Crippen molar-refractivity contribution in [1.82, 2.24) is 4.90 Å². The van der Waals surface area contributed by atoms with E-state index in [0.717, 1.165) is 10.5 Å². The van der Waals surface area contributed by atoms with E-state index in [-0.39, 0.29) is 17.4 Å². The standard InChI is InChI=1S/C17H14N2O3/c1-10-6-8-11(9-7-10)15(20)18-13-5-3-4-12-14(13)17(22)19(2)16(12)21/h3-9H,1-2H3,(H,18,20). The zero-order valence-corrected chi connectivity index (χ0v) is 12.2. The lowest BCUT2D eigenvalue weighted by molar-refractivity contribution is 0.0693. The van der Waals surface area contributed by atoms with E-state index >= 15 is 0 Å². The van der Waals surface area contributed by atoms with Gasteiger partial charge in [0.05, 0.1) is 16.8 Å². The van der Waals surface area contributed by atoms with Crippen LogP contribution in [0.1, 0.15) is 36.6 Å². The molecule has 22 heavy (non-hydrogen) atoms. The predicted octanol–water partition coefficient (Wildman–Crippen LogP) is 2.47. The second-order valence-electron chi connectivity index (χ2n) is 5.22. The summed E-state index contributed by atoms with van der Waals surface area (Å²) in [5.74, 6) is -1.07. The van der Waals surface area contributed by atoms with Crippen molar-refractivity contribution >= 4 is 23.4 Å². The van der Waals surface area contributed by atoms with Crippen LogP contribution in [0, 0.1) is 6.92 Å². The molecule has 0 bridgehead atoms. The van der Waals surface area contributed by atoms with Gasteiger partial charge in [-0.15, -0.1) is 0 Å². The van der Waals surface area contributed by atoms with E-state index in [1.54, 1.807) is 30.3 Å². The third-order valence-electron chi connectivity index (χ3n) is 3.68. The number of rotatable bonds is 2. The summed E-state index contributed by atoms with van der Waals surface area (Å²) in [7, 11) is 1.43. The zero-order chi connectivity index (χ0) is 15.9. The third kappa shape index (κ3) is 2.16. The number of aryl methyl sites for hydroxylation is 1. The van der Waals surface area contributed by atoms with E-state index in [1.165, 1.54) is 7.05 Å². The van der Waals surface area contributed by atoms with Crippen LogP contribution < -0.4 is 5.32 Å². The molecule has 2 aromatic carbocycles. The summed E-state index contributed by atoms with van der Waals surface area (Å²) in [4.78, 5) is 37.4. The highest BCUT2D eigenvalue weighted by Gasteiger charge is 2.35. The Labute approximate surface area is 127 Å². The lowest BCUT2D eigenvalue weighted by atomic mass is 10.1. The van der Waals surface area contributed by atoms with Gasteiger partial charge in [-0.05, 0) is 31.2 Å². The molecule has 3 rings (SSSR count). The average Bonchev–Trinajstić information content (AvgIpc) is 2.73. The summed E-state index contributed by atoms with van der Waals surface area (Å²) in [6.07, 6.45) is 0.